The number of rotatable bonds is 11. The van der Waals surface area contributed by atoms with Gasteiger partial charge in [0, 0.05) is 43.8 Å². The maximum Gasteiger partial charge on any atom is 0.513 e. The van der Waals surface area contributed by atoms with Gasteiger partial charge in [0.2, 0.25) is 5.91 Å². The third-order valence-corrected chi connectivity index (χ3v) is 5.26. The molecule has 0 saturated heterocycles. The first-order valence-corrected chi connectivity index (χ1v) is 11.4. The van der Waals surface area contributed by atoms with E-state index in [4.69, 9.17) is 4.74 Å². The van der Waals surface area contributed by atoms with E-state index in [1.54, 1.807) is 6.92 Å². The molecule has 2 aromatic rings. The summed E-state index contributed by atoms with van der Waals surface area (Å²) in [6, 6.07) is 9.32. The molecule has 0 unspecified atom stereocenters. The van der Waals surface area contributed by atoms with Gasteiger partial charge in [-0.05, 0) is 43.7 Å². The van der Waals surface area contributed by atoms with Crippen LogP contribution in [0.2, 0.25) is 0 Å². The minimum atomic E-state index is -0.842. The van der Waals surface area contributed by atoms with Crippen molar-refractivity contribution in [3.8, 4) is 5.75 Å². The highest BCUT2D eigenvalue weighted by atomic mass is 16.7. The lowest BCUT2D eigenvalue weighted by atomic mass is 10.1. The summed E-state index contributed by atoms with van der Waals surface area (Å²) in [5.41, 5.74) is 0.111. The second-order valence-electron chi connectivity index (χ2n) is 7.77. The zero-order valence-corrected chi connectivity index (χ0v) is 19.9. The number of carbonyl (C=O) groups is 5. The maximum absolute atomic E-state index is 12.5. The van der Waals surface area contributed by atoms with Crippen molar-refractivity contribution in [2.45, 2.75) is 19.8 Å². The van der Waals surface area contributed by atoms with Crippen molar-refractivity contribution in [3.05, 3.63) is 69.3 Å². The Balaban J connectivity index is 1.35. The Bertz CT molecular complexity index is 1230. The Morgan fingerprint density at radius 2 is 1.65 bits per heavy atom. The van der Waals surface area contributed by atoms with Gasteiger partial charge in [-0.3, -0.25) is 34.2 Å². The van der Waals surface area contributed by atoms with E-state index >= 15 is 0 Å². The first-order valence-electron chi connectivity index (χ1n) is 11.4. The quantitative estimate of drug-likeness (QED) is 0.114. The fourth-order valence-electron chi connectivity index (χ4n) is 3.48. The number of nitrogens with one attached hydrogen (secondary N) is 2. The van der Waals surface area contributed by atoms with Crippen molar-refractivity contribution in [1.29, 1.82) is 0 Å². The van der Waals surface area contributed by atoms with Gasteiger partial charge in [-0.25, -0.2) is 4.79 Å². The molecule has 0 aromatic heterocycles. The number of nitro groups is 1. The molecule has 0 saturated carbocycles. The summed E-state index contributed by atoms with van der Waals surface area (Å²) in [5.74, 6) is -1.68. The first-order chi connectivity index (χ1) is 17.7. The number of nitrogens with zero attached hydrogens (tertiary/aromatic N) is 2. The number of fused-ring (bicyclic) bond motifs is 1. The molecule has 0 aliphatic carbocycles. The van der Waals surface area contributed by atoms with Gasteiger partial charge < -0.3 is 20.1 Å². The van der Waals surface area contributed by atoms with E-state index in [1.807, 2.05) is 0 Å². The fourth-order valence-corrected chi connectivity index (χ4v) is 3.48. The highest BCUT2D eigenvalue weighted by Crippen LogP contribution is 2.27. The molecular formula is C24H24N4O9. The summed E-state index contributed by atoms with van der Waals surface area (Å²) in [6.45, 7) is 2.12. The first kappa shape index (κ1) is 26.8. The van der Waals surface area contributed by atoms with E-state index in [2.05, 4.69) is 15.4 Å². The Morgan fingerprint density at radius 1 is 0.973 bits per heavy atom. The molecule has 13 heteroatoms. The van der Waals surface area contributed by atoms with E-state index in [0.717, 1.165) is 17.0 Å². The normalized spacial score (nSPS) is 12.1. The van der Waals surface area contributed by atoms with Gasteiger partial charge in [0.25, 0.3) is 23.4 Å². The highest BCUT2D eigenvalue weighted by Gasteiger charge is 2.36. The van der Waals surface area contributed by atoms with Crippen LogP contribution in [-0.2, 0) is 9.53 Å². The molecule has 1 aliphatic heterocycles. The second kappa shape index (κ2) is 12.2. The minimum absolute atomic E-state index is 0.0137. The molecular weight excluding hydrogens is 488 g/mol. The number of hydrogen-bond donors (Lipinski definition) is 2. The molecule has 1 aliphatic rings. The van der Waals surface area contributed by atoms with Crippen molar-refractivity contribution < 1.29 is 38.4 Å². The van der Waals surface area contributed by atoms with Gasteiger partial charge in [0.15, 0.2) is 0 Å². The lowest BCUT2D eigenvalue weighted by molar-refractivity contribution is -0.384. The zero-order chi connectivity index (χ0) is 26.9. The predicted octanol–water partition coefficient (Wildman–Crippen LogP) is 2.05. The number of nitro benzene ring substituents is 1. The van der Waals surface area contributed by atoms with Crippen LogP contribution < -0.4 is 15.4 Å². The molecule has 1 heterocycles. The second-order valence-corrected chi connectivity index (χ2v) is 7.77. The number of carbonyl (C=O) groups excluding carboxylic acids is 5. The van der Waals surface area contributed by atoms with E-state index in [-0.39, 0.29) is 73.5 Å². The van der Waals surface area contributed by atoms with Crippen molar-refractivity contribution >= 4 is 35.5 Å². The molecule has 194 valence electrons. The Hall–Kier alpha value is -4.81. The Kier molecular flexibility index (Phi) is 8.86. The topological polar surface area (TPSA) is 174 Å². The third-order valence-electron chi connectivity index (χ3n) is 5.26. The van der Waals surface area contributed by atoms with E-state index in [1.165, 1.54) is 30.3 Å². The van der Waals surface area contributed by atoms with E-state index in [9.17, 15) is 34.1 Å². The molecule has 0 fully saturated rings. The molecule has 0 spiro atoms. The lowest BCUT2D eigenvalue weighted by Gasteiger charge is -2.13. The summed E-state index contributed by atoms with van der Waals surface area (Å²) < 4.78 is 9.58. The number of ether oxygens (including phenoxy) is 2. The summed E-state index contributed by atoms with van der Waals surface area (Å²) in [6.07, 6.45) is -0.611. The van der Waals surface area contributed by atoms with Crippen LogP contribution in [-0.4, -0.2) is 65.8 Å². The van der Waals surface area contributed by atoms with Crippen LogP contribution in [0.1, 0.15) is 50.8 Å². The third kappa shape index (κ3) is 6.87. The number of benzene rings is 2. The zero-order valence-electron chi connectivity index (χ0n) is 19.9. The van der Waals surface area contributed by atoms with Crippen molar-refractivity contribution in [2.24, 2.45) is 0 Å². The predicted molar refractivity (Wildman–Crippen MR) is 127 cm³/mol. The van der Waals surface area contributed by atoms with E-state index < -0.39 is 22.9 Å². The summed E-state index contributed by atoms with van der Waals surface area (Å²) in [4.78, 5) is 71.6. The molecule has 0 bridgehead atoms. The average molecular weight is 512 g/mol. The molecule has 0 atom stereocenters. The van der Waals surface area contributed by atoms with Gasteiger partial charge in [-0.2, -0.15) is 0 Å². The Labute approximate surface area is 210 Å². The van der Waals surface area contributed by atoms with Crippen LogP contribution in [0.3, 0.4) is 0 Å². The fraction of sp³-hybridized carbons (Fsp3) is 0.292. The largest absolute Gasteiger partial charge is 0.513 e. The van der Waals surface area contributed by atoms with Gasteiger partial charge in [0.1, 0.15) is 5.75 Å². The van der Waals surface area contributed by atoms with Crippen LogP contribution in [0.25, 0.3) is 0 Å². The number of non-ortho nitro benzene ring substituents is 1. The van der Waals surface area contributed by atoms with Crippen LogP contribution in [0.15, 0.2) is 42.5 Å². The van der Waals surface area contributed by atoms with Crippen LogP contribution in [0.5, 0.6) is 5.75 Å². The van der Waals surface area contributed by atoms with Crippen LogP contribution in [0, 0.1) is 10.1 Å². The molecule has 37 heavy (non-hydrogen) atoms. The van der Waals surface area contributed by atoms with Crippen molar-refractivity contribution in [3.63, 3.8) is 0 Å². The summed E-state index contributed by atoms with van der Waals surface area (Å²) in [7, 11) is 0. The SMILES string of the molecule is CCOC(=O)Oc1ccc(C(=O)NCCNC(=O)CCCN2C(=O)c3ccc([N+](=O)[O-])cc3C2=O)cc1. The molecule has 0 radical (unpaired) electrons. The number of imide groups is 1. The summed E-state index contributed by atoms with van der Waals surface area (Å²) >= 11 is 0. The smallest absolute Gasteiger partial charge is 0.434 e. The lowest BCUT2D eigenvalue weighted by Crippen LogP contribution is -2.35. The van der Waals surface area contributed by atoms with Crippen molar-refractivity contribution in [2.75, 3.05) is 26.2 Å². The molecule has 2 N–H and O–H groups in total. The van der Waals surface area contributed by atoms with Crippen LogP contribution >= 0.6 is 0 Å². The average Bonchev–Trinajstić information content (AvgIpc) is 3.11. The van der Waals surface area contributed by atoms with Gasteiger partial charge in [0.05, 0.1) is 22.7 Å². The Morgan fingerprint density at radius 3 is 2.32 bits per heavy atom. The van der Waals surface area contributed by atoms with Crippen LogP contribution in [0.4, 0.5) is 10.5 Å². The molecule has 13 nitrogen and oxygen atoms in total. The molecule has 2 aromatic carbocycles. The highest BCUT2D eigenvalue weighted by molar-refractivity contribution is 6.21. The maximum atomic E-state index is 12.5. The van der Waals surface area contributed by atoms with Crippen molar-refractivity contribution in [1.82, 2.24) is 15.5 Å². The minimum Gasteiger partial charge on any atom is -0.434 e. The molecule has 3 rings (SSSR count). The number of hydrogen-bond acceptors (Lipinski definition) is 9. The standard InChI is InChI=1S/C24H24N4O9/c1-2-36-24(33)37-17-8-5-15(6-9-17)21(30)26-12-11-25-20(29)4-3-13-27-22(31)18-10-7-16(28(34)35)14-19(18)23(27)32/h5-10,14H,2-4,11-13H2,1H3,(H,25,29)(H,26,30). The summed E-state index contributed by atoms with van der Waals surface area (Å²) in [5, 5.41) is 16.2. The van der Waals surface area contributed by atoms with Gasteiger partial charge >= 0.3 is 6.16 Å². The number of amides is 4. The van der Waals surface area contributed by atoms with E-state index in [0.29, 0.717) is 5.56 Å². The van der Waals surface area contributed by atoms with Gasteiger partial charge in [-0.1, -0.05) is 0 Å². The monoisotopic (exact) mass is 512 g/mol. The van der Waals surface area contributed by atoms with Gasteiger partial charge in [-0.15, -0.1) is 0 Å². The molecule has 4 amide bonds.